The van der Waals surface area contributed by atoms with Crippen LogP contribution >= 0.6 is 0 Å². The van der Waals surface area contributed by atoms with E-state index in [0.29, 0.717) is 0 Å². The summed E-state index contributed by atoms with van der Waals surface area (Å²) >= 11 is 0. The first-order valence-corrected chi connectivity index (χ1v) is 7.37. The first-order chi connectivity index (χ1) is 10.8. The molecule has 0 N–H and O–H groups in total. The van der Waals surface area contributed by atoms with E-state index in [-0.39, 0.29) is 28.8 Å². The van der Waals surface area contributed by atoms with Gasteiger partial charge in [0.1, 0.15) is 0 Å². The minimum Gasteiger partial charge on any atom is -1.00 e. The molecule has 3 aromatic rings. The third kappa shape index (κ3) is 3.93. The Balaban J connectivity index is 0.00000192. The summed E-state index contributed by atoms with van der Waals surface area (Å²) in [5, 5.41) is 0. The standard InChI is InChI=1S/C20H18NO.BrH/c1-16(22)19-13-8-14-21(15-19)20(17-9-4-2-5-10-17)18-11-6-3-7-12-18;/h2-15,20H,1H3;1H/q+1;/p-1. The first-order valence-electron chi connectivity index (χ1n) is 7.37. The average molecular weight is 368 g/mol. The molecule has 0 aliphatic carbocycles. The maximum absolute atomic E-state index is 11.7. The highest BCUT2D eigenvalue weighted by molar-refractivity contribution is 5.93. The summed E-state index contributed by atoms with van der Waals surface area (Å²) in [5.41, 5.74) is 3.11. The Morgan fingerprint density at radius 2 is 1.35 bits per heavy atom. The summed E-state index contributed by atoms with van der Waals surface area (Å²) in [5.74, 6) is 0.0780. The molecule has 3 heteroatoms. The number of rotatable bonds is 4. The molecule has 0 unspecified atom stereocenters. The number of ketones is 1. The highest BCUT2D eigenvalue weighted by atomic mass is 79.9. The zero-order valence-electron chi connectivity index (χ0n) is 12.9. The van der Waals surface area contributed by atoms with Crippen LogP contribution in [0.4, 0.5) is 0 Å². The number of carbonyl (C=O) groups is 1. The van der Waals surface area contributed by atoms with Crippen molar-refractivity contribution in [1.82, 2.24) is 0 Å². The van der Waals surface area contributed by atoms with Crippen LogP contribution in [0.15, 0.2) is 85.2 Å². The van der Waals surface area contributed by atoms with E-state index >= 15 is 0 Å². The van der Waals surface area contributed by atoms with Gasteiger partial charge in [-0.15, -0.1) is 0 Å². The largest absolute Gasteiger partial charge is 1.00 e. The lowest BCUT2D eigenvalue weighted by molar-refractivity contribution is -0.705. The van der Waals surface area contributed by atoms with Crippen molar-refractivity contribution >= 4 is 5.78 Å². The summed E-state index contributed by atoms with van der Waals surface area (Å²) in [6.45, 7) is 1.60. The molecular weight excluding hydrogens is 350 g/mol. The average Bonchev–Trinajstić information content (AvgIpc) is 2.57. The molecule has 0 aliphatic rings. The Morgan fingerprint density at radius 1 is 0.826 bits per heavy atom. The molecule has 23 heavy (non-hydrogen) atoms. The molecule has 0 saturated carbocycles. The second-order valence-corrected chi connectivity index (χ2v) is 5.32. The molecule has 2 nitrogen and oxygen atoms in total. The van der Waals surface area contributed by atoms with E-state index in [9.17, 15) is 4.79 Å². The van der Waals surface area contributed by atoms with Gasteiger partial charge in [-0.25, -0.2) is 0 Å². The topological polar surface area (TPSA) is 20.9 Å². The molecule has 0 atom stereocenters. The van der Waals surface area contributed by atoms with E-state index in [1.165, 1.54) is 11.1 Å². The monoisotopic (exact) mass is 367 g/mol. The molecule has 2 aromatic carbocycles. The van der Waals surface area contributed by atoms with Crippen molar-refractivity contribution in [3.05, 3.63) is 102 Å². The lowest BCUT2D eigenvalue weighted by Gasteiger charge is -2.13. The fourth-order valence-electron chi connectivity index (χ4n) is 2.67. The Hall–Kier alpha value is -2.26. The third-order valence-corrected chi connectivity index (χ3v) is 3.76. The maximum Gasteiger partial charge on any atom is 0.208 e. The van der Waals surface area contributed by atoms with Crippen molar-refractivity contribution in [3.8, 4) is 0 Å². The van der Waals surface area contributed by atoms with Crippen molar-refractivity contribution in [2.45, 2.75) is 13.0 Å². The number of hydrogen-bond acceptors (Lipinski definition) is 1. The number of hydrogen-bond donors (Lipinski definition) is 0. The van der Waals surface area contributed by atoms with Gasteiger partial charge in [0, 0.05) is 17.2 Å². The Kier molecular flexibility index (Phi) is 5.83. The van der Waals surface area contributed by atoms with Crippen molar-refractivity contribution < 1.29 is 26.3 Å². The second-order valence-electron chi connectivity index (χ2n) is 5.32. The summed E-state index contributed by atoms with van der Waals surface area (Å²) < 4.78 is 2.10. The fraction of sp³-hybridized carbons (Fsp3) is 0.100. The van der Waals surface area contributed by atoms with Crippen molar-refractivity contribution in [3.63, 3.8) is 0 Å². The van der Waals surface area contributed by atoms with Crippen molar-refractivity contribution in [2.24, 2.45) is 0 Å². The van der Waals surface area contributed by atoms with E-state index in [2.05, 4.69) is 28.8 Å². The van der Waals surface area contributed by atoms with Gasteiger partial charge in [-0.1, -0.05) is 60.7 Å². The zero-order chi connectivity index (χ0) is 15.4. The number of carbonyl (C=O) groups excluding carboxylic acids is 1. The molecule has 116 valence electrons. The van der Waals surface area contributed by atoms with Gasteiger partial charge in [0.2, 0.25) is 6.04 Å². The van der Waals surface area contributed by atoms with Gasteiger partial charge in [0.15, 0.2) is 18.2 Å². The summed E-state index contributed by atoms with van der Waals surface area (Å²) in [6, 6.07) is 24.5. The smallest absolute Gasteiger partial charge is 0.208 e. The van der Waals surface area contributed by atoms with Gasteiger partial charge in [0.05, 0.1) is 5.56 Å². The summed E-state index contributed by atoms with van der Waals surface area (Å²) in [7, 11) is 0. The summed E-state index contributed by atoms with van der Waals surface area (Å²) in [6.07, 6.45) is 3.93. The molecular formula is C20H18BrNO. The van der Waals surface area contributed by atoms with Gasteiger partial charge < -0.3 is 17.0 Å². The number of nitrogens with zero attached hydrogens (tertiary/aromatic N) is 1. The minimum atomic E-state index is 0. The normalized spacial score (nSPS) is 10.2. The maximum atomic E-state index is 11.7. The van der Waals surface area contributed by atoms with Crippen LogP contribution in [0.2, 0.25) is 0 Å². The van der Waals surface area contributed by atoms with Gasteiger partial charge in [-0.3, -0.25) is 4.79 Å². The van der Waals surface area contributed by atoms with Crippen LogP contribution in [0, 0.1) is 0 Å². The molecule has 0 aliphatic heterocycles. The second kappa shape index (κ2) is 7.84. The lowest BCUT2D eigenvalue weighted by atomic mass is 9.98. The predicted molar refractivity (Wildman–Crippen MR) is 86.8 cm³/mol. The van der Waals surface area contributed by atoms with Crippen LogP contribution in [-0.4, -0.2) is 5.78 Å². The third-order valence-electron chi connectivity index (χ3n) is 3.76. The number of benzene rings is 2. The van der Waals surface area contributed by atoms with Crippen LogP contribution < -0.4 is 21.5 Å². The molecule has 0 radical (unpaired) electrons. The molecule has 0 spiro atoms. The minimum absolute atomic E-state index is 0. The molecule has 0 saturated heterocycles. The summed E-state index contributed by atoms with van der Waals surface area (Å²) in [4.78, 5) is 11.7. The van der Waals surface area contributed by atoms with E-state index < -0.39 is 0 Å². The lowest BCUT2D eigenvalue weighted by Crippen LogP contribution is -3.00. The molecule has 1 aromatic heterocycles. The van der Waals surface area contributed by atoms with Crippen molar-refractivity contribution in [2.75, 3.05) is 0 Å². The highest BCUT2D eigenvalue weighted by Gasteiger charge is 2.23. The van der Waals surface area contributed by atoms with Crippen molar-refractivity contribution in [1.29, 1.82) is 0 Å². The molecule has 0 fully saturated rings. The van der Waals surface area contributed by atoms with Crippen LogP contribution in [-0.2, 0) is 0 Å². The molecule has 1 heterocycles. The zero-order valence-corrected chi connectivity index (χ0v) is 14.5. The number of pyridine rings is 1. The van der Waals surface area contributed by atoms with E-state index in [1.54, 1.807) is 6.92 Å². The van der Waals surface area contributed by atoms with E-state index in [1.807, 2.05) is 60.9 Å². The SMILES string of the molecule is CC(=O)c1ccc[n+](C(c2ccccc2)c2ccccc2)c1.[Br-]. The van der Waals surface area contributed by atoms with Gasteiger partial charge in [0.25, 0.3) is 0 Å². The van der Waals surface area contributed by atoms with Crippen LogP contribution in [0.3, 0.4) is 0 Å². The molecule has 3 rings (SSSR count). The number of halogens is 1. The van der Waals surface area contributed by atoms with E-state index in [4.69, 9.17) is 0 Å². The Bertz CT molecular complexity index is 732. The van der Waals surface area contributed by atoms with Gasteiger partial charge in [-0.2, -0.15) is 4.57 Å². The van der Waals surface area contributed by atoms with Crippen LogP contribution in [0.1, 0.15) is 34.5 Å². The number of Topliss-reactive ketones (excluding diaryl/α,β-unsaturated/α-hetero) is 1. The predicted octanol–water partition coefficient (Wildman–Crippen LogP) is 0.818. The number of aromatic nitrogens is 1. The van der Waals surface area contributed by atoms with Gasteiger partial charge >= 0.3 is 0 Å². The Labute approximate surface area is 147 Å². The molecule has 0 amide bonds. The first kappa shape index (κ1) is 17.1. The Morgan fingerprint density at radius 3 is 1.83 bits per heavy atom. The van der Waals surface area contributed by atoms with E-state index in [0.717, 1.165) is 5.56 Å². The fourth-order valence-corrected chi connectivity index (χ4v) is 2.67. The van der Waals surface area contributed by atoms with Gasteiger partial charge in [-0.05, 0) is 13.0 Å². The quantitative estimate of drug-likeness (QED) is 0.494. The van der Waals surface area contributed by atoms with Crippen LogP contribution in [0.5, 0.6) is 0 Å². The highest BCUT2D eigenvalue weighted by Crippen LogP contribution is 2.21. The van der Waals surface area contributed by atoms with Crippen LogP contribution in [0.25, 0.3) is 0 Å². The molecule has 0 bridgehead atoms.